The Bertz CT molecular complexity index is 783. The van der Waals surface area contributed by atoms with Crippen molar-refractivity contribution >= 4 is 0 Å². The van der Waals surface area contributed by atoms with Crippen molar-refractivity contribution in [3.8, 4) is 28.4 Å². The molecular formula is C18H19NO3. The zero-order valence-corrected chi connectivity index (χ0v) is 12.7. The topological polar surface area (TPSA) is 61.7 Å². The Hall–Kier alpha value is -2.20. The Labute approximate surface area is 129 Å². The molecule has 22 heavy (non-hydrogen) atoms. The Balaban J connectivity index is 2.10. The lowest BCUT2D eigenvalue weighted by atomic mass is 9.77. The fourth-order valence-electron chi connectivity index (χ4n) is 3.82. The minimum absolute atomic E-state index is 0.190. The van der Waals surface area contributed by atoms with Crippen LogP contribution in [0.4, 0.5) is 0 Å². The minimum atomic E-state index is 0.190. The van der Waals surface area contributed by atoms with Crippen molar-refractivity contribution in [3.05, 3.63) is 40.5 Å². The normalized spacial score (nSPS) is 18.5. The average molecular weight is 297 g/mol. The molecule has 1 atom stereocenters. The molecule has 2 aromatic rings. The molecule has 1 unspecified atom stereocenters. The number of aromatic hydroxyl groups is 2. The summed E-state index contributed by atoms with van der Waals surface area (Å²) in [4.78, 5) is 0. The van der Waals surface area contributed by atoms with Crippen LogP contribution < -0.4 is 10.1 Å². The van der Waals surface area contributed by atoms with Crippen molar-refractivity contribution in [1.82, 2.24) is 5.32 Å². The molecule has 4 nitrogen and oxygen atoms in total. The summed E-state index contributed by atoms with van der Waals surface area (Å²) < 4.78 is 5.50. The number of hydrogen-bond donors (Lipinski definition) is 3. The summed E-state index contributed by atoms with van der Waals surface area (Å²) >= 11 is 0. The molecule has 0 aromatic heterocycles. The van der Waals surface area contributed by atoms with Gasteiger partial charge in [0, 0.05) is 11.6 Å². The van der Waals surface area contributed by atoms with Gasteiger partial charge in [-0.05, 0) is 72.3 Å². The summed E-state index contributed by atoms with van der Waals surface area (Å²) in [7, 11) is 1.59. The summed E-state index contributed by atoms with van der Waals surface area (Å²) in [5.41, 5.74) is 6.37. The molecule has 2 aliphatic rings. The minimum Gasteiger partial charge on any atom is -0.508 e. The van der Waals surface area contributed by atoms with E-state index in [0.29, 0.717) is 11.5 Å². The van der Waals surface area contributed by atoms with E-state index >= 15 is 0 Å². The van der Waals surface area contributed by atoms with Gasteiger partial charge in [-0.1, -0.05) is 0 Å². The van der Waals surface area contributed by atoms with Crippen LogP contribution in [0.3, 0.4) is 0 Å². The number of benzene rings is 2. The lowest BCUT2D eigenvalue weighted by molar-refractivity contribution is 0.371. The van der Waals surface area contributed by atoms with E-state index < -0.39 is 0 Å². The summed E-state index contributed by atoms with van der Waals surface area (Å²) in [5.74, 6) is 1.03. The monoisotopic (exact) mass is 297 g/mol. The van der Waals surface area contributed by atoms with Gasteiger partial charge in [-0.25, -0.2) is 0 Å². The summed E-state index contributed by atoms with van der Waals surface area (Å²) in [6, 6.07) is 5.88. The molecule has 0 radical (unpaired) electrons. The average Bonchev–Trinajstić information content (AvgIpc) is 2.49. The summed E-state index contributed by atoms with van der Waals surface area (Å²) in [5, 5.41) is 23.9. The molecule has 1 aliphatic heterocycles. The highest BCUT2D eigenvalue weighted by Gasteiger charge is 2.33. The van der Waals surface area contributed by atoms with Crippen molar-refractivity contribution in [2.24, 2.45) is 0 Å². The van der Waals surface area contributed by atoms with E-state index in [2.05, 4.69) is 5.32 Å². The number of rotatable bonds is 1. The van der Waals surface area contributed by atoms with E-state index in [1.807, 2.05) is 25.1 Å². The first-order chi connectivity index (χ1) is 10.6. The summed E-state index contributed by atoms with van der Waals surface area (Å²) in [6.07, 6.45) is 1.75. The van der Waals surface area contributed by atoms with Crippen LogP contribution >= 0.6 is 0 Å². The number of hydrogen-bond acceptors (Lipinski definition) is 4. The molecular weight excluding hydrogens is 278 g/mol. The molecule has 0 saturated carbocycles. The Morgan fingerprint density at radius 3 is 2.68 bits per heavy atom. The van der Waals surface area contributed by atoms with Gasteiger partial charge in [0.2, 0.25) is 0 Å². The Morgan fingerprint density at radius 2 is 1.91 bits per heavy atom. The van der Waals surface area contributed by atoms with Gasteiger partial charge in [0.15, 0.2) is 11.5 Å². The molecule has 4 heteroatoms. The van der Waals surface area contributed by atoms with E-state index in [4.69, 9.17) is 4.74 Å². The molecule has 0 fully saturated rings. The van der Waals surface area contributed by atoms with Crippen LogP contribution in [0, 0.1) is 6.92 Å². The third-order valence-electron chi connectivity index (χ3n) is 4.84. The van der Waals surface area contributed by atoms with Gasteiger partial charge in [0.25, 0.3) is 0 Å². The predicted octanol–water partition coefficient (Wildman–Crippen LogP) is 2.82. The van der Waals surface area contributed by atoms with Crippen LogP contribution in [0.15, 0.2) is 18.2 Å². The van der Waals surface area contributed by atoms with Crippen LogP contribution in [-0.4, -0.2) is 23.9 Å². The maximum absolute atomic E-state index is 10.3. The number of methoxy groups -OCH3 is 1. The first kappa shape index (κ1) is 13.5. The molecule has 1 heterocycles. The Morgan fingerprint density at radius 1 is 1.14 bits per heavy atom. The molecule has 0 spiro atoms. The van der Waals surface area contributed by atoms with Gasteiger partial charge in [0.1, 0.15) is 5.75 Å². The first-order valence-corrected chi connectivity index (χ1v) is 7.59. The second-order valence-electron chi connectivity index (χ2n) is 6.13. The number of aryl methyl sites for hydroxylation is 1. The molecule has 4 rings (SSSR count). The second-order valence-corrected chi connectivity index (χ2v) is 6.13. The highest BCUT2D eigenvalue weighted by molar-refractivity contribution is 5.84. The van der Waals surface area contributed by atoms with Crippen LogP contribution in [0.25, 0.3) is 11.1 Å². The van der Waals surface area contributed by atoms with Crippen LogP contribution in [0.1, 0.15) is 28.3 Å². The van der Waals surface area contributed by atoms with Crippen LogP contribution in [0.2, 0.25) is 0 Å². The predicted molar refractivity (Wildman–Crippen MR) is 84.6 cm³/mol. The largest absolute Gasteiger partial charge is 0.508 e. The highest BCUT2D eigenvalue weighted by Crippen LogP contribution is 2.51. The van der Waals surface area contributed by atoms with E-state index in [1.165, 1.54) is 11.1 Å². The fourth-order valence-corrected chi connectivity index (χ4v) is 3.82. The molecule has 1 aliphatic carbocycles. The number of fused-ring (bicyclic) bond motifs is 2. The molecule has 0 bridgehead atoms. The zero-order valence-electron chi connectivity index (χ0n) is 12.7. The highest BCUT2D eigenvalue weighted by atomic mass is 16.5. The number of phenolic OH excluding ortho intramolecular Hbond substituents is 2. The third-order valence-corrected chi connectivity index (χ3v) is 4.84. The lowest BCUT2D eigenvalue weighted by Crippen LogP contribution is -2.33. The van der Waals surface area contributed by atoms with Crippen molar-refractivity contribution in [3.63, 3.8) is 0 Å². The maximum Gasteiger partial charge on any atom is 0.168 e. The van der Waals surface area contributed by atoms with Crippen LogP contribution in [-0.2, 0) is 12.8 Å². The number of ether oxygens (including phenoxy) is 1. The van der Waals surface area contributed by atoms with Gasteiger partial charge in [0.05, 0.1) is 7.11 Å². The van der Waals surface area contributed by atoms with Gasteiger partial charge in [-0.3, -0.25) is 0 Å². The van der Waals surface area contributed by atoms with Crippen molar-refractivity contribution in [2.45, 2.75) is 25.8 Å². The Kier molecular flexibility index (Phi) is 2.84. The van der Waals surface area contributed by atoms with E-state index in [-0.39, 0.29) is 11.8 Å². The van der Waals surface area contributed by atoms with Gasteiger partial charge in [-0.2, -0.15) is 0 Å². The van der Waals surface area contributed by atoms with E-state index in [1.54, 1.807) is 7.11 Å². The molecule has 2 aromatic carbocycles. The van der Waals surface area contributed by atoms with Crippen molar-refractivity contribution < 1.29 is 14.9 Å². The maximum atomic E-state index is 10.3. The smallest absolute Gasteiger partial charge is 0.168 e. The van der Waals surface area contributed by atoms with Gasteiger partial charge < -0.3 is 20.3 Å². The fraction of sp³-hybridized carbons (Fsp3) is 0.333. The van der Waals surface area contributed by atoms with E-state index in [9.17, 15) is 10.2 Å². The van der Waals surface area contributed by atoms with Crippen molar-refractivity contribution in [2.75, 3.05) is 13.7 Å². The molecule has 114 valence electrons. The van der Waals surface area contributed by atoms with Crippen molar-refractivity contribution in [1.29, 1.82) is 0 Å². The molecule has 0 amide bonds. The lowest BCUT2D eigenvalue weighted by Gasteiger charge is -2.35. The quantitative estimate of drug-likeness (QED) is 0.757. The standard InChI is InChI=1S/C18H19NO3/c1-9-5-12-11(8-14(9)20)6-13-16-10(3-4-19-13)7-15(21)18(22-2)17(12)16/h5,7-8,13,19-21H,3-4,6H2,1-2H3. The molecule has 0 saturated heterocycles. The zero-order chi connectivity index (χ0) is 15.4. The first-order valence-electron chi connectivity index (χ1n) is 7.59. The second kappa shape index (κ2) is 4.65. The SMILES string of the molecule is COc1c(O)cc2c3c1-c1cc(C)c(O)cc1CC3NCC2. The van der Waals surface area contributed by atoms with E-state index in [0.717, 1.165) is 41.6 Å². The van der Waals surface area contributed by atoms with Gasteiger partial charge in [-0.15, -0.1) is 0 Å². The molecule has 3 N–H and O–H groups in total. The third kappa shape index (κ3) is 1.74. The number of nitrogens with one attached hydrogen (secondary N) is 1. The van der Waals surface area contributed by atoms with Crippen LogP contribution in [0.5, 0.6) is 17.2 Å². The number of phenols is 2. The van der Waals surface area contributed by atoms with Gasteiger partial charge >= 0.3 is 0 Å². The summed E-state index contributed by atoms with van der Waals surface area (Å²) in [6.45, 7) is 2.79.